The summed E-state index contributed by atoms with van der Waals surface area (Å²) in [5.41, 5.74) is 2.59. The molecule has 9 heteroatoms. The minimum Gasteiger partial charge on any atom is -0.326 e. The Morgan fingerprint density at radius 1 is 0.972 bits per heavy atom. The highest BCUT2D eigenvalue weighted by Crippen LogP contribution is 2.40. The SMILES string of the molecule is CCS(=O)(=O)c1ccc(CC(=O)Nc2ccc(C3CCN(C4CCC(C(F)(F)F)CC4)C3)cc2)cc1. The largest absolute Gasteiger partial charge is 0.391 e. The molecule has 0 spiro atoms. The van der Waals surface area contributed by atoms with Gasteiger partial charge in [0.05, 0.1) is 23.0 Å². The highest BCUT2D eigenvalue weighted by molar-refractivity contribution is 7.91. The first kappa shape index (κ1) is 26.7. The van der Waals surface area contributed by atoms with E-state index in [1.165, 1.54) is 17.7 Å². The summed E-state index contributed by atoms with van der Waals surface area (Å²) < 4.78 is 62.7. The number of carbonyl (C=O) groups excluding carboxylic acids is 1. The molecule has 4 rings (SSSR count). The van der Waals surface area contributed by atoms with Crippen molar-refractivity contribution in [1.29, 1.82) is 0 Å². The Kier molecular flexibility index (Phi) is 8.09. The molecule has 1 unspecified atom stereocenters. The first-order chi connectivity index (χ1) is 17.0. The number of anilines is 1. The number of alkyl halides is 3. The monoisotopic (exact) mass is 522 g/mol. The highest BCUT2D eigenvalue weighted by Gasteiger charge is 2.42. The van der Waals surface area contributed by atoms with Crippen molar-refractivity contribution < 1.29 is 26.4 Å². The van der Waals surface area contributed by atoms with Gasteiger partial charge in [-0.2, -0.15) is 13.2 Å². The van der Waals surface area contributed by atoms with Gasteiger partial charge in [0.15, 0.2) is 9.84 Å². The number of halogens is 3. The molecule has 1 aliphatic carbocycles. The summed E-state index contributed by atoms with van der Waals surface area (Å²) in [4.78, 5) is 15.1. The van der Waals surface area contributed by atoms with Gasteiger partial charge >= 0.3 is 6.18 Å². The third-order valence-electron chi connectivity index (χ3n) is 7.59. The molecule has 1 atom stereocenters. The summed E-state index contributed by atoms with van der Waals surface area (Å²) >= 11 is 0. The molecule has 1 amide bonds. The summed E-state index contributed by atoms with van der Waals surface area (Å²) in [7, 11) is -3.27. The van der Waals surface area contributed by atoms with E-state index in [2.05, 4.69) is 10.2 Å². The summed E-state index contributed by atoms with van der Waals surface area (Å²) in [6, 6.07) is 14.4. The molecule has 0 aromatic heterocycles. The van der Waals surface area contributed by atoms with Crippen LogP contribution in [-0.2, 0) is 21.1 Å². The van der Waals surface area contributed by atoms with E-state index in [0.717, 1.165) is 25.1 Å². The van der Waals surface area contributed by atoms with E-state index in [0.29, 0.717) is 24.4 Å². The van der Waals surface area contributed by atoms with Crippen molar-refractivity contribution >= 4 is 21.4 Å². The summed E-state index contributed by atoms with van der Waals surface area (Å²) in [6.07, 6.45) is -1.27. The van der Waals surface area contributed by atoms with Crippen LogP contribution < -0.4 is 5.32 Å². The first-order valence-corrected chi connectivity index (χ1v) is 14.2. The maximum Gasteiger partial charge on any atom is 0.391 e. The Balaban J connectivity index is 1.26. The van der Waals surface area contributed by atoms with E-state index in [4.69, 9.17) is 0 Å². The Morgan fingerprint density at radius 2 is 1.61 bits per heavy atom. The first-order valence-electron chi connectivity index (χ1n) is 12.6. The van der Waals surface area contributed by atoms with Crippen molar-refractivity contribution in [3.63, 3.8) is 0 Å². The van der Waals surface area contributed by atoms with E-state index in [1.807, 2.05) is 24.3 Å². The normalized spacial score (nSPS) is 23.5. The molecule has 1 N–H and O–H groups in total. The maximum atomic E-state index is 13.0. The lowest BCUT2D eigenvalue weighted by molar-refractivity contribution is -0.184. The number of likely N-dealkylation sites (tertiary alicyclic amines) is 1. The molecule has 1 aliphatic heterocycles. The van der Waals surface area contributed by atoms with E-state index < -0.39 is 21.9 Å². The van der Waals surface area contributed by atoms with Crippen molar-refractivity contribution in [3.05, 3.63) is 59.7 Å². The zero-order valence-corrected chi connectivity index (χ0v) is 21.2. The lowest BCUT2D eigenvalue weighted by Crippen LogP contribution is -2.39. The molecule has 2 aromatic rings. The molecular weight excluding hydrogens is 489 g/mol. The van der Waals surface area contributed by atoms with Gasteiger partial charge in [0.2, 0.25) is 5.91 Å². The number of carbonyl (C=O) groups is 1. The Bertz CT molecular complexity index is 1140. The molecule has 1 saturated heterocycles. The summed E-state index contributed by atoms with van der Waals surface area (Å²) in [5, 5.41) is 2.88. The predicted octanol–water partition coefficient (Wildman–Crippen LogP) is 5.57. The van der Waals surface area contributed by atoms with Gasteiger partial charge in [0.1, 0.15) is 0 Å². The van der Waals surface area contributed by atoms with Crippen LogP contribution in [0.5, 0.6) is 0 Å². The number of amides is 1. The number of benzene rings is 2. The van der Waals surface area contributed by atoms with Crippen molar-refractivity contribution in [2.45, 2.75) is 68.5 Å². The molecule has 0 radical (unpaired) electrons. The molecule has 196 valence electrons. The maximum absolute atomic E-state index is 13.0. The zero-order chi connectivity index (χ0) is 25.9. The zero-order valence-electron chi connectivity index (χ0n) is 20.4. The Labute approximate surface area is 211 Å². The molecule has 36 heavy (non-hydrogen) atoms. The Morgan fingerprint density at radius 3 is 2.19 bits per heavy atom. The number of hydrogen-bond acceptors (Lipinski definition) is 4. The molecule has 1 saturated carbocycles. The van der Waals surface area contributed by atoms with Crippen LogP contribution in [0.15, 0.2) is 53.4 Å². The fourth-order valence-corrected chi connectivity index (χ4v) is 6.25. The van der Waals surface area contributed by atoms with Gasteiger partial charge in [-0.3, -0.25) is 9.69 Å². The molecule has 0 bridgehead atoms. The minimum atomic E-state index is -4.07. The number of hydrogen-bond donors (Lipinski definition) is 1. The molecular formula is C27H33F3N2O3S. The second kappa shape index (κ2) is 10.9. The van der Waals surface area contributed by atoms with Gasteiger partial charge in [-0.25, -0.2) is 8.42 Å². The van der Waals surface area contributed by atoms with Crippen molar-refractivity contribution in [2.75, 3.05) is 24.2 Å². The van der Waals surface area contributed by atoms with Gasteiger partial charge < -0.3 is 5.32 Å². The van der Waals surface area contributed by atoms with Gasteiger partial charge in [0, 0.05) is 18.3 Å². The van der Waals surface area contributed by atoms with E-state index in [9.17, 15) is 26.4 Å². The smallest absolute Gasteiger partial charge is 0.326 e. The highest BCUT2D eigenvalue weighted by atomic mass is 32.2. The van der Waals surface area contributed by atoms with Gasteiger partial charge in [-0.05, 0) is 80.0 Å². The van der Waals surface area contributed by atoms with E-state index in [-0.39, 0.29) is 41.9 Å². The lowest BCUT2D eigenvalue weighted by Gasteiger charge is -2.35. The van der Waals surface area contributed by atoms with Gasteiger partial charge in [-0.1, -0.05) is 31.2 Å². The van der Waals surface area contributed by atoms with Gasteiger partial charge in [0.25, 0.3) is 0 Å². The van der Waals surface area contributed by atoms with Crippen molar-refractivity contribution in [2.24, 2.45) is 5.92 Å². The molecule has 1 heterocycles. The Hall–Kier alpha value is -2.39. The quantitative estimate of drug-likeness (QED) is 0.516. The van der Waals surface area contributed by atoms with Crippen LogP contribution in [0.2, 0.25) is 0 Å². The number of rotatable bonds is 7. The predicted molar refractivity (Wildman–Crippen MR) is 134 cm³/mol. The number of nitrogens with zero attached hydrogens (tertiary/aromatic N) is 1. The van der Waals surface area contributed by atoms with E-state index in [1.54, 1.807) is 19.1 Å². The molecule has 2 fully saturated rings. The second-order valence-corrected chi connectivity index (χ2v) is 12.2. The molecule has 5 nitrogen and oxygen atoms in total. The minimum absolute atomic E-state index is 0.0324. The van der Waals surface area contributed by atoms with Crippen LogP contribution in [0.4, 0.5) is 18.9 Å². The standard InChI is InChI=1S/C27H33F3N2O3S/c1-2-36(34,35)25-13-3-19(4-14-25)17-26(33)31-23-9-5-20(6-10-23)21-15-16-32(18-21)24-11-7-22(8-12-24)27(28,29)30/h3-6,9-10,13-14,21-22,24H,2,7-8,11-12,15-18H2,1H3,(H,31,33). The number of sulfone groups is 1. The van der Waals surface area contributed by atoms with Crippen LogP contribution in [-0.4, -0.2) is 50.3 Å². The fraction of sp³-hybridized carbons (Fsp3) is 0.519. The van der Waals surface area contributed by atoms with Gasteiger partial charge in [-0.15, -0.1) is 0 Å². The number of nitrogens with one attached hydrogen (secondary N) is 1. The van der Waals surface area contributed by atoms with Crippen LogP contribution in [0.25, 0.3) is 0 Å². The third-order valence-corrected chi connectivity index (χ3v) is 9.34. The van der Waals surface area contributed by atoms with Crippen molar-refractivity contribution in [1.82, 2.24) is 4.90 Å². The van der Waals surface area contributed by atoms with E-state index >= 15 is 0 Å². The average Bonchev–Trinajstić information content (AvgIpc) is 3.35. The van der Waals surface area contributed by atoms with Crippen LogP contribution in [0, 0.1) is 5.92 Å². The molecule has 2 aromatic carbocycles. The second-order valence-electron chi connectivity index (χ2n) is 9.92. The average molecular weight is 523 g/mol. The van der Waals surface area contributed by atoms with Crippen LogP contribution >= 0.6 is 0 Å². The lowest BCUT2D eigenvalue weighted by atomic mass is 9.85. The topological polar surface area (TPSA) is 66.5 Å². The summed E-state index contributed by atoms with van der Waals surface area (Å²) in [6.45, 7) is 3.36. The molecule has 2 aliphatic rings. The third kappa shape index (κ3) is 6.48. The fourth-order valence-electron chi connectivity index (χ4n) is 5.37. The van der Waals surface area contributed by atoms with Crippen LogP contribution in [0.1, 0.15) is 56.1 Å². The summed E-state index contributed by atoms with van der Waals surface area (Å²) in [5.74, 6) is -0.958. The van der Waals surface area contributed by atoms with Crippen LogP contribution in [0.3, 0.4) is 0 Å². The van der Waals surface area contributed by atoms with Crippen molar-refractivity contribution in [3.8, 4) is 0 Å².